The van der Waals surface area contributed by atoms with Crippen molar-refractivity contribution in [3.63, 3.8) is 0 Å². The topological polar surface area (TPSA) is 24.9 Å². The van der Waals surface area contributed by atoms with Crippen LogP contribution < -0.4 is 5.32 Å². The first-order valence-electron chi connectivity index (χ1n) is 4.94. The molecule has 1 aromatic heterocycles. The Morgan fingerprint density at radius 1 is 1.62 bits per heavy atom. The average molecular weight is 196 g/mol. The fourth-order valence-corrected chi connectivity index (χ4v) is 2.85. The maximum Gasteiger partial charge on any atom is 0.0931 e. The first-order valence-corrected chi connectivity index (χ1v) is 5.82. The Hall–Kier alpha value is -0.410. The molecule has 72 valence electrons. The largest absolute Gasteiger partial charge is 0.316 e. The summed E-state index contributed by atoms with van der Waals surface area (Å²) in [4.78, 5) is 4.36. The van der Waals surface area contributed by atoms with Gasteiger partial charge in [0.25, 0.3) is 0 Å². The lowest BCUT2D eigenvalue weighted by molar-refractivity contribution is 0.150. The third-order valence-corrected chi connectivity index (χ3v) is 3.57. The van der Waals surface area contributed by atoms with Crippen LogP contribution in [-0.4, -0.2) is 18.1 Å². The maximum atomic E-state index is 4.36. The van der Waals surface area contributed by atoms with E-state index in [0.29, 0.717) is 5.41 Å². The van der Waals surface area contributed by atoms with E-state index < -0.39 is 0 Å². The van der Waals surface area contributed by atoms with Crippen LogP contribution in [0.3, 0.4) is 0 Å². The van der Waals surface area contributed by atoms with E-state index in [1.165, 1.54) is 37.4 Å². The third kappa shape index (κ3) is 1.92. The molecule has 2 rings (SSSR count). The molecule has 1 aliphatic rings. The molecule has 1 fully saturated rings. The predicted molar refractivity (Wildman–Crippen MR) is 56.0 cm³/mol. The highest BCUT2D eigenvalue weighted by atomic mass is 32.1. The zero-order valence-electron chi connectivity index (χ0n) is 8.05. The van der Waals surface area contributed by atoms with Crippen molar-refractivity contribution in [2.75, 3.05) is 13.1 Å². The van der Waals surface area contributed by atoms with Crippen molar-refractivity contribution in [1.82, 2.24) is 10.3 Å². The van der Waals surface area contributed by atoms with Gasteiger partial charge in [0.2, 0.25) is 0 Å². The van der Waals surface area contributed by atoms with E-state index in [-0.39, 0.29) is 0 Å². The van der Waals surface area contributed by atoms with Gasteiger partial charge in [0.1, 0.15) is 0 Å². The van der Waals surface area contributed by atoms with Crippen molar-refractivity contribution in [2.24, 2.45) is 5.41 Å². The molecular formula is C10H16N2S. The Kier molecular flexibility index (Phi) is 2.65. The number of nitrogens with zero attached hydrogens (tertiary/aromatic N) is 1. The van der Waals surface area contributed by atoms with E-state index in [4.69, 9.17) is 0 Å². The van der Waals surface area contributed by atoms with Crippen molar-refractivity contribution in [2.45, 2.75) is 26.2 Å². The van der Waals surface area contributed by atoms with E-state index >= 15 is 0 Å². The van der Waals surface area contributed by atoms with Crippen LogP contribution in [0.2, 0.25) is 0 Å². The molecule has 0 spiro atoms. The van der Waals surface area contributed by atoms with Gasteiger partial charge in [-0.15, -0.1) is 11.3 Å². The number of aromatic nitrogens is 1. The molecule has 0 saturated carbocycles. The number of rotatable bonds is 4. The Morgan fingerprint density at radius 3 is 2.92 bits per heavy atom. The van der Waals surface area contributed by atoms with E-state index in [1.54, 1.807) is 11.3 Å². The maximum absolute atomic E-state index is 4.36. The van der Waals surface area contributed by atoms with Crippen LogP contribution in [0.4, 0.5) is 0 Å². The van der Waals surface area contributed by atoms with Gasteiger partial charge < -0.3 is 5.32 Å². The van der Waals surface area contributed by atoms with Crippen LogP contribution in [0.15, 0.2) is 11.6 Å². The number of hydrogen-bond acceptors (Lipinski definition) is 3. The highest BCUT2D eigenvalue weighted by Crippen LogP contribution is 2.33. The highest BCUT2D eigenvalue weighted by Gasteiger charge is 2.36. The molecule has 0 atom stereocenters. The summed E-state index contributed by atoms with van der Waals surface area (Å²) in [6.45, 7) is 4.63. The summed E-state index contributed by atoms with van der Waals surface area (Å²) in [5, 5.41) is 6.75. The number of hydrogen-bond donors (Lipinski definition) is 1. The predicted octanol–water partition coefficient (Wildman–Crippen LogP) is 2.08. The smallest absolute Gasteiger partial charge is 0.0931 e. The molecule has 2 nitrogen and oxygen atoms in total. The monoisotopic (exact) mass is 196 g/mol. The van der Waals surface area contributed by atoms with Gasteiger partial charge in [0.15, 0.2) is 0 Å². The van der Waals surface area contributed by atoms with E-state index in [9.17, 15) is 0 Å². The van der Waals surface area contributed by atoms with Crippen molar-refractivity contribution in [3.05, 3.63) is 16.6 Å². The van der Waals surface area contributed by atoms with E-state index in [1.807, 2.05) is 6.20 Å². The summed E-state index contributed by atoms with van der Waals surface area (Å²) in [5.74, 6) is 0. The Labute approximate surface area is 83.4 Å². The van der Waals surface area contributed by atoms with Crippen molar-refractivity contribution in [3.8, 4) is 0 Å². The molecular weight excluding hydrogens is 180 g/mol. The number of thiazole rings is 1. The van der Waals surface area contributed by atoms with Gasteiger partial charge in [0, 0.05) is 36.5 Å². The first-order chi connectivity index (χ1) is 6.35. The fraction of sp³-hybridized carbons (Fsp3) is 0.700. The van der Waals surface area contributed by atoms with Crippen LogP contribution in [0.1, 0.15) is 24.8 Å². The zero-order chi connectivity index (χ0) is 9.15. The zero-order valence-corrected chi connectivity index (χ0v) is 8.86. The van der Waals surface area contributed by atoms with Crippen LogP contribution >= 0.6 is 11.3 Å². The molecule has 1 aromatic rings. The normalized spacial score (nSPS) is 19.8. The van der Waals surface area contributed by atoms with Crippen LogP contribution in [0, 0.1) is 5.41 Å². The van der Waals surface area contributed by atoms with Gasteiger partial charge in [-0.2, -0.15) is 0 Å². The molecule has 0 radical (unpaired) electrons. The lowest BCUT2D eigenvalue weighted by Crippen LogP contribution is -2.54. The lowest BCUT2D eigenvalue weighted by atomic mass is 9.75. The SMILES string of the molecule is CCCC1(Cc2nccs2)CNC1. The van der Waals surface area contributed by atoms with E-state index in [0.717, 1.165) is 0 Å². The summed E-state index contributed by atoms with van der Waals surface area (Å²) in [6.07, 6.45) is 5.70. The summed E-state index contributed by atoms with van der Waals surface area (Å²) in [6, 6.07) is 0. The first kappa shape index (κ1) is 9.16. The summed E-state index contributed by atoms with van der Waals surface area (Å²) in [7, 11) is 0. The highest BCUT2D eigenvalue weighted by molar-refractivity contribution is 7.09. The summed E-state index contributed by atoms with van der Waals surface area (Å²) in [5.41, 5.74) is 0.534. The van der Waals surface area contributed by atoms with Gasteiger partial charge in [-0.25, -0.2) is 4.98 Å². The number of nitrogens with one attached hydrogen (secondary N) is 1. The molecule has 0 aliphatic carbocycles. The summed E-state index contributed by atoms with van der Waals surface area (Å²) < 4.78 is 0. The van der Waals surface area contributed by atoms with Crippen LogP contribution in [0.25, 0.3) is 0 Å². The van der Waals surface area contributed by atoms with Gasteiger partial charge in [-0.1, -0.05) is 13.3 Å². The fourth-order valence-electron chi connectivity index (χ4n) is 2.06. The van der Waals surface area contributed by atoms with Gasteiger partial charge in [-0.3, -0.25) is 0 Å². The Balaban J connectivity index is 1.98. The minimum Gasteiger partial charge on any atom is -0.316 e. The average Bonchev–Trinajstić information content (AvgIpc) is 2.53. The molecule has 1 saturated heterocycles. The van der Waals surface area contributed by atoms with Crippen molar-refractivity contribution < 1.29 is 0 Å². The Morgan fingerprint density at radius 2 is 2.46 bits per heavy atom. The van der Waals surface area contributed by atoms with Crippen molar-refractivity contribution in [1.29, 1.82) is 0 Å². The third-order valence-electron chi connectivity index (χ3n) is 2.79. The van der Waals surface area contributed by atoms with Gasteiger partial charge >= 0.3 is 0 Å². The molecule has 0 amide bonds. The second kappa shape index (κ2) is 3.76. The molecule has 0 unspecified atom stereocenters. The Bertz CT molecular complexity index is 252. The lowest BCUT2D eigenvalue weighted by Gasteiger charge is -2.42. The molecule has 3 heteroatoms. The van der Waals surface area contributed by atoms with Crippen molar-refractivity contribution >= 4 is 11.3 Å². The van der Waals surface area contributed by atoms with Crippen LogP contribution in [-0.2, 0) is 6.42 Å². The van der Waals surface area contributed by atoms with E-state index in [2.05, 4.69) is 22.6 Å². The second-order valence-corrected chi connectivity index (χ2v) is 4.94. The summed E-state index contributed by atoms with van der Waals surface area (Å²) >= 11 is 1.79. The van der Waals surface area contributed by atoms with Crippen LogP contribution in [0.5, 0.6) is 0 Å². The molecule has 1 N–H and O–H groups in total. The minimum absolute atomic E-state index is 0.534. The van der Waals surface area contributed by atoms with Gasteiger partial charge in [-0.05, 0) is 6.42 Å². The molecule has 1 aliphatic heterocycles. The standard InChI is InChI=1S/C10H16N2S/c1-2-3-10(7-11-8-10)6-9-12-4-5-13-9/h4-5,11H,2-3,6-8H2,1H3. The molecule has 2 heterocycles. The minimum atomic E-state index is 0.534. The molecule has 0 aromatic carbocycles. The molecule has 13 heavy (non-hydrogen) atoms. The molecule has 0 bridgehead atoms. The second-order valence-electron chi connectivity index (χ2n) is 3.96. The van der Waals surface area contributed by atoms with Gasteiger partial charge in [0.05, 0.1) is 5.01 Å². The quantitative estimate of drug-likeness (QED) is 0.797.